The normalized spacial score (nSPS) is 16.3. The van der Waals surface area contributed by atoms with Gasteiger partial charge in [0.1, 0.15) is 11.6 Å². The highest BCUT2D eigenvalue weighted by Gasteiger charge is 2.46. The maximum Gasteiger partial charge on any atom is 0.252 e. The van der Waals surface area contributed by atoms with Gasteiger partial charge in [-0.15, -0.1) is 6.58 Å². The van der Waals surface area contributed by atoms with Gasteiger partial charge >= 0.3 is 0 Å². The molecule has 1 saturated heterocycles. The fraction of sp³-hybridized carbons (Fsp3) is 0.115. The van der Waals surface area contributed by atoms with Crippen LogP contribution in [0.3, 0.4) is 0 Å². The van der Waals surface area contributed by atoms with Gasteiger partial charge in [-0.3, -0.25) is 9.59 Å². The van der Waals surface area contributed by atoms with E-state index in [1.165, 1.54) is 30.3 Å². The standard InChI is InChI=1S/C26H20ClN3O5S/c1-2-15-29(36(33,34)20-13-9-18(27)10-14-20)22-16-24(31)30(26(22)32)19-11-7-17(8-12-19)25-28-21-5-3-4-6-23(21)35-25/h2-14,22H,1,15-16H2. The molecular formula is C26H20ClN3O5S. The summed E-state index contributed by atoms with van der Waals surface area (Å²) >= 11 is 5.89. The summed E-state index contributed by atoms with van der Waals surface area (Å²) in [6, 6.07) is 18.4. The zero-order valence-corrected chi connectivity index (χ0v) is 20.4. The minimum Gasteiger partial charge on any atom is -0.436 e. The average Bonchev–Trinajstić information content (AvgIpc) is 3.43. The first-order valence-electron chi connectivity index (χ1n) is 11.0. The molecule has 2 heterocycles. The summed E-state index contributed by atoms with van der Waals surface area (Å²) in [5, 5.41) is 0.379. The van der Waals surface area contributed by atoms with Crippen LogP contribution in [-0.2, 0) is 19.6 Å². The van der Waals surface area contributed by atoms with Crippen LogP contribution in [0.1, 0.15) is 6.42 Å². The summed E-state index contributed by atoms with van der Waals surface area (Å²) in [5.41, 5.74) is 2.36. The number of halogens is 1. The van der Waals surface area contributed by atoms with Gasteiger partial charge in [0.05, 0.1) is 17.0 Å². The van der Waals surface area contributed by atoms with Crippen LogP contribution >= 0.6 is 11.6 Å². The van der Waals surface area contributed by atoms with E-state index in [9.17, 15) is 18.0 Å². The van der Waals surface area contributed by atoms with Gasteiger partial charge < -0.3 is 4.42 Å². The molecule has 4 aromatic rings. The number of rotatable bonds is 7. The Labute approximate surface area is 212 Å². The first-order chi connectivity index (χ1) is 17.3. The van der Waals surface area contributed by atoms with Crippen LogP contribution in [0.5, 0.6) is 0 Å². The molecule has 1 aromatic heterocycles. The molecule has 0 spiro atoms. The topological polar surface area (TPSA) is 101 Å². The lowest BCUT2D eigenvalue weighted by atomic mass is 10.2. The quantitative estimate of drug-likeness (QED) is 0.259. The number of anilines is 1. The second-order valence-corrected chi connectivity index (χ2v) is 10.5. The highest BCUT2D eigenvalue weighted by Crippen LogP contribution is 2.31. The molecule has 1 atom stereocenters. The van der Waals surface area contributed by atoms with Gasteiger partial charge in [0, 0.05) is 17.1 Å². The fourth-order valence-electron chi connectivity index (χ4n) is 4.12. The second kappa shape index (κ2) is 9.34. The molecule has 0 N–H and O–H groups in total. The summed E-state index contributed by atoms with van der Waals surface area (Å²) < 4.78 is 33.4. The highest BCUT2D eigenvalue weighted by molar-refractivity contribution is 7.89. The first kappa shape index (κ1) is 23.9. The van der Waals surface area contributed by atoms with Gasteiger partial charge in [-0.1, -0.05) is 29.8 Å². The van der Waals surface area contributed by atoms with Crippen LogP contribution in [0.2, 0.25) is 5.02 Å². The lowest BCUT2D eigenvalue weighted by Crippen LogP contribution is -2.45. The van der Waals surface area contributed by atoms with E-state index >= 15 is 0 Å². The number of hydrogen-bond donors (Lipinski definition) is 0. The lowest BCUT2D eigenvalue weighted by Gasteiger charge is -2.25. The van der Waals surface area contributed by atoms with Crippen molar-refractivity contribution in [3.63, 3.8) is 0 Å². The molecule has 0 saturated carbocycles. The van der Waals surface area contributed by atoms with E-state index < -0.39 is 27.9 Å². The number of nitrogens with zero attached hydrogens (tertiary/aromatic N) is 3. The molecule has 0 bridgehead atoms. The van der Waals surface area contributed by atoms with Crippen LogP contribution < -0.4 is 4.90 Å². The van der Waals surface area contributed by atoms with Crippen molar-refractivity contribution in [1.82, 2.24) is 9.29 Å². The summed E-state index contributed by atoms with van der Waals surface area (Å²) in [5.74, 6) is -0.722. The van der Waals surface area contributed by atoms with Gasteiger partial charge in [0.25, 0.3) is 5.91 Å². The summed E-state index contributed by atoms with van der Waals surface area (Å²) in [7, 11) is -4.10. The Morgan fingerprint density at radius 2 is 1.75 bits per heavy atom. The summed E-state index contributed by atoms with van der Waals surface area (Å²) in [6.45, 7) is 3.48. The Morgan fingerprint density at radius 1 is 1.06 bits per heavy atom. The molecule has 0 radical (unpaired) electrons. The number of para-hydroxylation sites is 2. The van der Waals surface area contributed by atoms with Gasteiger partial charge in [-0.05, 0) is 60.7 Å². The van der Waals surface area contributed by atoms with Crippen LogP contribution in [0.4, 0.5) is 5.69 Å². The zero-order chi connectivity index (χ0) is 25.4. The van der Waals surface area contributed by atoms with Crippen molar-refractivity contribution in [2.75, 3.05) is 11.4 Å². The number of amides is 2. The molecule has 8 nitrogen and oxygen atoms in total. The zero-order valence-electron chi connectivity index (χ0n) is 18.9. The third-order valence-corrected chi connectivity index (χ3v) is 8.01. The number of carbonyl (C=O) groups excluding carboxylic acids is 2. The molecule has 5 rings (SSSR count). The van der Waals surface area contributed by atoms with E-state index in [0.717, 1.165) is 9.21 Å². The van der Waals surface area contributed by atoms with E-state index in [0.29, 0.717) is 33.3 Å². The third kappa shape index (κ3) is 4.21. The van der Waals surface area contributed by atoms with Crippen molar-refractivity contribution in [1.29, 1.82) is 0 Å². The lowest BCUT2D eigenvalue weighted by molar-refractivity contribution is -0.122. The Kier molecular flexibility index (Phi) is 6.21. The van der Waals surface area contributed by atoms with E-state index in [1.54, 1.807) is 24.3 Å². The molecule has 1 fully saturated rings. The minimum absolute atomic E-state index is 0.0323. The number of sulfonamides is 1. The third-order valence-electron chi connectivity index (χ3n) is 5.87. The maximum absolute atomic E-state index is 13.3. The number of aromatic nitrogens is 1. The molecule has 36 heavy (non-hydrogen) atoms. The monoisotopic (exact) mass is 521 g/mol. The number of fused-ring (bicyclic) bond motifs is 1. The first-order valence-corrected chi connectivity index (χ1v) is 12.8. The smallest absolute Gasteiger partial charge is 0.252 e. The van der Waals surface area contributed by atoms with E-state index in [-0.39, 0.29) is 17.9 Å². The van der Waals surface area contributed by atoms with Crippen molar-refractivity contribution in [3.8, 4) is 11.5 Å². The van der Waals surface area contributed by atoms with Crippen LogP contribution in [0.25, 0.3) is 22.6 Å². The van der Waals surface area contributed by atoms with Crippen molar-refractivity contribution < 1.29 is 22.4 Å². The average molecular weight is 522 g/mol. The molecular weight excluding hydrogens is 502 g/mol. The minimum atomic E-state index is -4.10. The fourth-order valence-corrected chi connectivity index (χ4v) is 5.80. The predicted molar refractivity (Wildman–Crippen MR) is 136 cm³/mol. The molecule has 1 aliphatic heterocycles. The van der Waals surface area contributed by atoms with Gasteiger partial charge in [-0.25, -0.2) is 18.3 Å². The van der Waals surface area contributed by atoms with Gasteiger partial charge in [0.15, 0.2) is 5.58 Å². The number of benzene rings is 3. The molecule has 1 aliphatic rings. The number of oxazole rings is 1. The molecule has 10 heteroatoms. The number of hydrogen-bond acceptors (Lipinski definition) is 6. The Balaban J connectivity index is 1.43. The highest BCUT2D eigenvalue weighted by atomic mass is 35.5. The van der Waals surface area contributed by atoms with E-state index in [4.69, 9.17) is 16.0 Å². The van der Waals surface area contributed by atoms with Crippen molar-refractivity contribution in [3.05, 3.63) is 90.5 Å². The van der Waals surface area contributed by atoms with Gasteiger partial charge in [-0.2, -0.15) is 4.31 Å². The second-order valence-electron chi connectivity index (χ2n) is 8.14. The number of carbonyl (C=O) groups is 2. The van der Waals surface area contributed by atoms with E-state index in [2.05, 4.69) is 11.6 Å². The van der Waals surface area contributed by atoms with Crippen LogP contribution in [0, 0.1) is 0 Å². The summed E-state index contributed by atoms with van der Waals surface area (Å²) in [4.78, 5) is 31.7. The maximum atomic E-state index is 13.3. The molecule has 2 amide bonds. The molecule has 3 aromatic carbocycles. The number of imide groups is 1. The largest absolute Gasteiger partial charge is 0.436 e. The Bertz CT molecular complexity index is 1550. The molecule has 182 valence electrons. The Morgan fingerprint density at radius 3 is 2.42 bits per heavy atom. The van der Waals surface area contributed by atoms with Crippen LogP contribution in [0.15, 0.2) is 94.8 Å². The van der Waals surface area contributed by atoms with E-state index in [1.807, 2.05) is 24.3 Å². The SMILES string of the molecule is C=CCN(C1CC(=O)N(c2ccc(-c3nc4ccccc4o3)cc2)C1=O)S(=O)(=O)c1ccc(Cl)cc1. The van der Waals surface area contributed by atoms with Crippen molar-refractivity contribution in [2.24, 2.45) is 0 Å². The van der Waals surface area contributed by atoms with Gasteiger partial charge in [0.2, 0.25) is 21.8 Å². The van der Waals surface area contributed by atoms with Crippen molar-refractivity contribution >= 4 is 50.2 Å². The van der Waals surface area contributed by atoms with Crippen molar-refractivity contribution in [2.45, 2.75) is 17.4 Å². The Hall–Kier alpha value is -3.79. The summed E-state index contributed by atoms with van der Waals surface area (Å²) in [6.07, 6.45) is 1.09. The predicted octanol–water partition coefficient (Wildman–Crippen LogP) is 4.66. The molecule has 0 aliphatic carbocycles. The van der Waals surface area contributed by atoms with Crippen LogP contribution in [-0.4, -0.2) is 42.1 Å². The molecule has 1 unspecified atom stereocenters.